The Morgan fingerprint density at radius 2 is 2.33 bits per heavy atom. The molecule has 50 valence electrons. The number of hydrogen-bond donors (Lipinski definition) is 1. The van der Waals surface area contributed by atoms with Gasteiger partial charge in [-0.05, 0) is 12.2 Å². The van der Waals surface area contributed by atoms with Crippen molar-refractivity contribution >= 4 is 13.8 Å². The summed E-state index contributed by atoms with van der Waals surface area (Å²) in [7, 11) is 2.17. The number of nitrogens with one attached hydrogen (secondary N) is 1. The second kappa shape index (κ2) is 2.42. The van der Waals surface area contributed by atoms with Crippen LogP contribution in [0.5, 0.6) is 0 Å². The number of amides is 1. The van der Waals surface area contributed by atoms with Gasteiger partial charge in [-0.25, -0.2) is 0 Å². The summed E-state index contributed by atoms with van der Waals surface area (Å²) < 4.78 is 0. The van der Waals surface area contributed by atoms with Gasteiger partial charge in [0.05, 0.1) is 0 Å². The Kier molecular flexibility index (Phi) is 1.79. The summed E-state index contributed by atoms with van der Waals surface area (Å²) in [5.41, 5.74) is 0. The lowest BCUT2D eigenvalue weighted by Crippen LogP contribution is -2.42. The van der Waals surface area contributed by atoms with Crippen LogP contribution in [-0.2, 0) is 4.79 Å². The van der Waals surface area contributed by atoms with Gasteiger partial charge in [-0.2, -0.15) is 0 Å². The highest BCUT2D eigenvalue weighted by Crippen LogP contribution is 2.29. The van der Waals surface area contributed by atoms with E-state index in [4.69, 9.17) is 0 Å². The zero-order valence-electron chi connectivity index (χ0n) is 5.98. The monoisotopic (exact) mass is 125 g/mol. The van der Waals surface area contributed by atoms with Gasteiger partial charge in [-0.3, -0.25) is 4.79 Å². The van der Waals surface area contributed by atoms with Crippen molar-refractivity contribution in [2.24, 2.45) is 0 Å². The summed E-state index contributed by atoms with van der Waals surface area (Å²) in [6.07, 6.45) is 2.44. The van der Waals surface area contributed by atoms with Crippen LogP contribution in [-0.4, -0.2) is 19.8 Å². The first kappa shape index (κ1) is 6.65. The fourth-order valence-electron chi connectivity index (χ4n) is 1.14. The van der Waals surface area contributed by atoms with Gasteiger partial charge in [-0.1, -0.05) is 6.42 Å². The Balaban J connectivity index is 2.21. The van der Waals surface area contributed by atoms with Gasteiger partial charge < -0.3 is 5.32 Å². The first-order valence-electron chi connectivity index (χ1n) is 3.47. The molecule has 1 amide bonds. The molecule has 1 saturated carbocycles. The molecule has 0 bridgehead atoms. The van der Waals surface area contributed by atoms with Crippen molar-refractivity contribution in [1.29, 1.82) is 0 Å². The minimum absolute atomic E-state index is 0.103. The molecule has 0 heterocycles. The molecule has 0 aromatic rings. The normalized spacial score (nSPS) is 33.0. The van der Waals surface area contributed by atoms with E-state index in [1.165, 1.54) is 12.8 Å². The lowest BCUT2D eigenvalue weighted by Gasteiger charge is -2.34. The zero-order chi connectivity index (χ0) is 6.85. The van der Waals surface area contributed by atoms with Crippen LogP contribution in [0.4, 0.5) is 0 Å². The van der Waals surface area contributed by atoms with Crippen LogP contribution in [0.1, 0.15) is 19.8 Å². The van der Waals surface area contributed by atoms with E-state index in [2.05, 4.69) is 13.2 Å². The van der Waals surface area contributed by atoms with Crippen LogP contribution in [0.15, 0.2) is 0 Å². The fraction of sp³-hybridized carbons (Fsp3) is 0.833. The smallest absolute Gasteiger partial charge is 0.217 e. The van der Waals surface area contributed by atoms with Crippen LogP contribution in [0.2, 0.25) is 5.82 Å². The van der Waals surface area contributed by atoms with Crippen molar-refractivity contribution in [2.75, 3.05) is 0 Å². The summed E-state index contributed by atoms with van der Waals surface area (Å²) in [5.74, 6) is 0.806. The summed E-state index contributed by atoms with van der Waals surface area (Å²) in [4.78, 5) is 10.5. The number of carbonyl (C=O) groups excluding carboxylic acids is 1. The van der Waals surface area contributed by atoms with Crippen LogP contribution in [0.25, 0.3) is 0 Å². The molecule has 1 fully saturated rings. The Hall–Kier alpha value is -0.465. The molecule has 9 heavy (non-hydrogen) atoms. The van der Waals surface area contributed by atoms with Gasteiger partial charge in [0.15, 0.2) is 0 Å². The number of carbonyl (C=O) groups is 1. The minimum Gasteiger partial charge on any atom is -0.354 e. The highest BCUT2D eigenvalue weighted by Gasteiger charge is 2.26. The maximum absolute atomic E-state index is 10.5. The average Bonchev–Trinajstić information content (AvgIpc) is 1.79. The Bertz CT molecular complexity index is 126. The predicted octanol–water partition coefficient (Wildman–Crippen LogP) is -0.294. The Morgan fingerprint density at radius 1 is 1.67 bits per heavy atom. The van der Waals surface area contributed by atoms with Gasteiger partial charge in [0.25, 0.3) is 0 Å². The molecule has 1 aliphatic rings. The summed E-state index contributed by atoms with van der Waals surface area (Å²) in [6, 6.07) is 0.475. The largest absolute Gasteiger partial charge is 0.354 e. The third kappa shape index (κ3) is 1.47. The maximum atomic E-state index is 10.5. The summed E-state index contributed by atoms with van der Waals surface area (Å²) in [5, 5.41) is 2.89. The SMILES string of the molecule is B[C@@H]1CC[C@@H]1NC(C)=O. The molecule has 1 rings (SSSR count). The van der Waals surface area contributed by atoms with Crippen LogP contribution < -0.4 is 5.32 Å². The van der Waals surface area contributed by atoms with Crippen molar-refractivity contribution in [3.8, 4) is 0 Å². The van der Waals surface area contributed by atoms with E-state index in [9.17, 15) is 4.79 Å². The second-order valence-corrected chi connectivity index (χ2v) is 2.86. The molecule has 0 unspecified atom stereocenters. The molecule has 0 saturated heterocycles. The first-order valence-corrected chi connectivity index (χ1v) is 3.47. The number of hydrogen-bond acceptors (Lipinski definition) is 1. The quantitative estimate of drug-likeness (QED) is 0.479. The van der Waals surface area contributed by atoms with Gasteiger partial charge in [0, 0.05) is 13.0 Å². The van der Waals surface area contributed by atoms with Crippen molar-refractivity contribution < 1.29 is 4.79 Å². The lowest BCUT2D eigenvalue weighted by molar-refractivity contribution is -0.120. The summed E-state index contributed by atoms with van der Waals surface area (Å²) in [6.45, 7) is 1.57. The summed E-state index contributed by atoms with van der Waals surface area (Å²) >= 11 is 0. The molecule has 3 heteroatoms. The molecular formula is C6H12BNO. The van der Waals surface area contributed by atoms with E-state index in [1.54, 1.807) is 6.92 Å². The maximum Gasteiger partial charge on any atom is 0.217 e. The highest BCUT2D eigenvalue weighted by molar-refractivity contribution is 6.13. The lowest BCUT2D eigenvalue weighted by atomic mass is 9.67. The topological polar surface area (TPSA) is 29.1 Å². The van der Waals surface area contributed by atoms with Crippen LogP contribution >= 0.6 is 0 Å². The van der Waals surface area contributed by atoms with E-state index in [0.717, 1.165) is 0 Å². The second-order valence-electron chi connectivity index (χ2n) is 2.86. The highest BCUT2D eigenvalue weighted by atomic mass is 16.1. The zero-order valence-corrected chi connectivity index (χ0v) is 5.98. The van der Waals surface area contributed by atoms with Crippen molar-refractivity contribution in [3.63, 3.8) is 0 Å². The van der Waals surface area contributed by atoms with E-state index in [1.807, 2.05) is 0 Å². The molecule has 0 radical (unpaired) electrons. The third-order valence-electron chi connectivity index (χ3n) is 2.01. The van der Waals surface area contributed by atoms with Gasteiger partial charge in [0.2, 0.25) is 5.91 Å². The minimum atomic E-state index is 0.103. The molecule has 0 spiro atoms. The molecule has 2 atom stereocenters. The third-order valence-corrected chi connectivity index (χ3v) is 2.01. The van der Waals surface area contributed by atoms with Gasteiger partial charge in [-0.15, -0.1) is 0 Å². The standard InChI is InChI=1S/C6H12BNO/c1-4(9)8-6-3-2-5(6)7/h5-6H,2-3,7H2,1H3,(H,8,9)/t5-,6+/m1/s1. The fourth-order valence-corrected chi connectivity index (χ4v) is 1.14. The molecule has 1 N–H and O–H groups in total. The first-order chi connectivity index (χ1) is 4.20. The van der Waals surface area contributed by atoms with Crippen LogP contribution in [0, 0.1) is 0 Å². The van der Waals surface area contributed by atoms with E-state index in [-0.39, 0.29) is 5.91 Å². The molecule has 1 aliphatic carbocycles. The molecule has 0 aliphatic heterocycles. The van der Waals surface area contributed by atoms with Crippen molar-refractivity contribution in [3.05, 3.63) is 0 Å². The molecule has 2 nitrogen and oxygen atoms in total. The molecular weight excluding hydrogens is 113 g/mol. The van der Waals surface area contributed by atoms with Crippen LogP contribution in [0.3, 0.4) is 0 Å². The number of rotatable bonds is 1. The Morgan fingerprint density at radius 3 is 2.44 bits per heavy atom. The molecule has 0 aromatic heterocycles. The van der Waals surface area contributed by atoms with E-state index >= 15 is 0 Å². The van der Waals surface area contributed by atoms with E-state index in [0.29, 0.717) is 11.9 Å². The average molecular weight is 125 g/mol. The van der Waals surface area contributed by atoms with Crippen molar-refractivity contribution in [1.82, 2.24) is 5.32 Å². The molecule has 0 aromatic carbocycles. The Labute approximate surface area is 56.4 Å². The van der Waals surface area contributed by atoms with Crippen molar-refractivity contribution in [2.45, 2.75) is 31.6 Å². The van der Waals surface area contributed by atoms with E-state index < -0.39 is 0 Å². The van der Waals surface area contributed by atoms with Gasteiger partial charge >= 0.3 is 0 Å². The van der Waals surface area contributed by atoms with Gasteiger partial charge in [0.1, 0.15) is 7.85 Å². The predicted molar refractivity (Wildman–Crippen MR) is 39.1 cm³/mol.